The monoisotopic (exact) mass is 104 g/mol. The minimum Gasteiger partial charge on any atom is -0.461 e. The van der Waals surface area contributed by atoms with Crippen LogP contribution in [0.3, 0.4) is 0 Å². The van der Waals surface area contributed by atoms with Gasteiger partial charge in [0.2, 0.25) is 0 Å². The van der Waals surface area contributed by atoms with E-state index in [9.17, 15) is 0 Å². The average Bonchev–Trinajstić information content (AvgIpc) is 1.79. The van der Waals surface area contributed by atoms with Crippen molar-refractivity contribution in [3.8, 4) is 0 Å². The molecule has 1 heterocycles. The fourth-order valence-electron chi connectivity index (χ4n) is 0.293. The summed E-state index contributed by atoms with van der Waals surface area (Å²) >= 11 is 0. The maximum absolute atomic E-state index is 5.19. The topological polar surface area (TPSA) is 12.5 Å². The number of hydrogen-bond acceptors (Lipinski definition) is 1. The summed E-state index contributed by atoms with van der Waals surface area (Å²) in [5.74, 6) is 0. The molecule has 3 heteroatoms. The van der Waals surface area contributed by atoms with E-state index < -0.39 is 0 Å². The van der Waals surface area contributed by atoms with Crippen molar-refractivity contribution in [2.45, 2.75) is 13.1 Å². The van der Waals surface area contributed by atoms with Gasteiger partial charge in [0.15, 0.2) is 17.1 Å². The summed E-state index contributed by atoms with van der Waals surface area (Å²) in [5.41, 5.74) is 0. The Morgan fingerprint density at radius 3 is 1.40 bits per heavy atom. The molecular weight excluding hydrogens is 96.2 g/mol. The van der Waals surface area contributed by atoms with Crippen molar-refractivity contribution in [3.63, 3.8) is 0 Å². The van der Waals surface area contributed by atoms with E-state index in [1.54, 1.807) is 0 Å². The van der Waals surface area contributed by atoms with Gasteiger partial charge >= 0.3 is 0 Å². The van der Waals surface area contributed by atoms with E-state index in [-0.39, 0.29) is 17.1 Å². The lowest BCUT2D eigenvalue weighted by atomic mass is 11.9. The highest BCUT2D eigenvalue weighted by Gasteiger charge is 2.32. The zero-order valence-electron chi connectivity index (χ0n) is 3.56. The Bertz CT molecular complexity index is 40.9. The molecule has 1 aliphatic heterocycles. The predicted octanol–water partition coefficient (Wildman–Crippen LogP) is -0.198. The van der Waals surface area contributed by atoms with Gasteiger partial charge in [0.25, 0.3) is 0 Å². The Balaban J connectivity index is 2.20. The molecule has 5 heavy (non-hydrogen) atoms. The predicted molar refractivity (Wildman–Crippen MR) is 27.1 cm³/mol. The van der Waals surface area contributed by atoms with Crippen LogP contribution in [-0.4, -0.2) is 17.1 Å². The second-order valence-corrected chi connectivity index (χ2v) is 11.1. The highest BCUT2D eigenvalue weighted by Crippen LogP contribution is 2.09. The number of hydrogen-bond donors (Lipinski definition) is 0. The van der Waals surface area contributed by atoms with Crippen LogP contribution in [0.4, 0.5) is 0 Å². The van der Waals surface area contributed by atoms with Gasteiger partial charge in [-0.3, -0.25) is 0 Å². The van der Waals surface area contributed by atoms with Crippen LogP contribution in [0.5, 0.6) is 0 Å². The Labute approximate surface area is 35.2 Å². The van der Waals surface area contributed by atoms with Crippen molar-refractivity contribution < 1.29 is 4.12 Å². The minimum atomic E-state index is -0.344. The molecule has 0 radical (unpaired) electrons. The minimum absolute atomic E-state index is 0.344. The standard InChI is InChI=1S/C2H8OSi2/c1-4-3-5(4)2/h4-5H,1-2H3/t4-,5+. The van der Waals surface area contributed by atoms with Gasteiger partial charge in [-0.25, -0.2) is 0 Å². The van der Waals surface area contributed by atoms with Gasteiger partial charge in [-0.2, -0.15) is 0 Å². The molecule has 0 aromatic carbocycles. The van der Waals surface area contributed by atoms with Crippen molar-refractivity contribution >= 4 is 17.1 Å². The van der Waals surface area contributed by atoms with Gasteiger partial charge in [0, 0.05) is 0 Å². The molecule has 1 fully saturated rings. The van der Waals surface area contributed by atoms with Gasteiger partial charge in [0.1, 0.15) is 0 Å². The summed E-state index contributed by atoms with van der Waals surface area (Å²) in [6, 6.07) is 0. The Kier molecular flexibility index (Phi) is 0.663. The van der Waals surface area contributed by atoms with Crippen LogP contribution < -0.4 is 0 Å². The van der Waals surface area contributed by atoms with E-state index in [2.05, 4.69) is 13.1 Å². The fraction of sp³-hybridized carbons (Fsp3) is 1.00. The lowest BCUT2D eigenvalue weighted by Gasteiger charge is -1.51. The summed E-state index contributed by atoms with van der Waals surface area (Å²) in [5, 5.41) is 0. The highest BCUT2D eigenvalue weighted by molar-refractivity contribution is 7.29. The van der Waals surface area contributed by atoms with E-state index in [4.69, 9.17) is 4.12 Å². The van der Waals surface area contributed by atoms with E-state index >= 15 is 0 Å². The largest absolute Gasteiger partial charge is 0.461 e. The quantitative estimate of drug-likeness (QED) is 0.306. The summed E-state index contributed by atoms with van der Waals surface area (Å²) < 4.78 is 5.19. The van der Waals surface area contributed by atoms with Crippen molar-refractivity contribution in [1.29, 1.82) is 0 Å². The van der Waals surface area contributed by atoms with Crippen LogP contribution in [-0.2, 0) is 4.12 Å². The maximum atomic E-state index is 5.19. The van der Waals surface area contributed by atoms with Crippen LogP contribution in [0.2, 0.25) is 13.1 Å². The molecule has 0 amide bonds. The molecule has 1 aliphatic rings. The van der Waals surface area contributed by atoms with E-state index in [0.717, 1.165) is 0 Å². The van der Waals surface area contributed by atoms with E-state index in [1.165, 1.54) is 0 Å². The van der Waals surface area contributed by atoms with Crippen LogP contribution in [0.1, 0.15) is 0 Å². The van der Waals surface area contributed by atoms with Crippen LogP contribution in [0.15, 0.2) is 0 Å². The molecule has 0 N–H and O–H groups in total. The third-order valence-electron chi connectivity index (χ3n) is 1.01. The van der Waals surface area contributed by atoms with Crippen LogP contribution in [0.25, 0.3) is 0 Å². The highest BCUT2D eigenvalue weighted by atomic mass is 29.3. The molecule has 1 nitrogen and oxygen atoms in total. The first kappa shape index (κ1) is 3.58. The van der Waals surface area contributed by atoms with Gasteiger partial charge in [-0.15, -0.1) is 0 Å². The van der Waals surface area contributed by atoms with Gasteiger partial charge in [-0.05, 0) is 13.1 Å². The summed E-state index contributed by atoms with van der Waals surface area (Å²) in [4.78, 5) is 0. The molecule has 0 aromatic rings. The van der Waals surface area contributed by atoms with Crippen molar-refractivity contribution in [1.82, 2.24) is 0 Å². The van der Waals surface area contributed by atoms with Crippen molar-refractivity contribution in [2.24, 2.45) is 0 Å². The smallest absolute Gasteiger partial charge is 0.174 e. The van der Waals surface area contributed by atoms with Gasteiger partial charge in [-0.1, -0.05) is 0 Å². The summed E-state index contributed by atoms with van der Waals surface area (Å²) in [7, 11) is -0.688. The van der Waals surface area contributed by atoms with Gasteiger partial charge < -0.3 is 4.12 Å². The first-order chi connectivity index (χ1) is 2.30. The second kappa shape index (κ2) is 0.926. The molecule has 0 unspecified atom stereocenters. The fourth-order valence-corrected chi connectivity index (χ4v) is 5.47. The molecule has 0 aromatic heterocycles. The SMILES string of the molecule is C[Si@@H]1O[Si@@H]1C. The lowest BCUT2D eigenvalue weighted by Crippen LogP contribution is -1.86. The Hall–Kier alpha value is 0.394. The molecule has 2 atom stereocenters. The molecule has 0 saturated carbocycles. The maximum Gasteiger partial charge on any atom is 0.174 e. The Morgan fingerprint density at radius 1 is 1.20 bits per heavy atom. The molecule has 0 bridgehead atoms. The summed E-state index contributed by atoms with van der Waals surface area (Å²) in [6.45, 7) is 4.55. The summed E-state index contributed by atoms with van der Waals surface area (Å²) in [6.07, 6.45) is 0. The first-order valence-electron chi connectivity index (χ1n) is 1.96. The van der Waals surface area contributed by atoms with Crippen LogP contribution in [0, 0.1) is 0 Å². The molecule has 1 saturated heterocycles. The van der Waals surface area contributed by atoms with E-state index in [1.807, 2.05) is 0 Å². The average molecular weight is 104 g/mol. The van der Waals surface area contributed by atoms with Crippen LogP contribution >= 0.6 is 0 Å². The molecule has 30 valence electrons. The second-order valence-electron chi connectivity index (χ2n) is 1.55. The number of rotatable bonds is 0. The normalized spacial score (nSPS) is 49.2. The van der Waals surface area contributed by atoms with E-state index in [0.29, 0.717) is 0 Å². The molecular formula is C2H8OSi2. The zero-order chi connectivity index (χ0) is 3.86. The third-order valence-corrected chi connectivity index (χ3v) is 9.12. The lowest BCUT2D eigenvalue weighted by molar-refractivity contribution is 0.723. The Morgan fingerprint density at radius 2 is 1.40 bits per heavy atom. The molecule has 1 rings (SSSR count). The van der Waals surface area contributed by atoms with Gasteiger partial charge in [0.05, 0.1) is 0 Å². The third kappa shape index (κ3) is 0.616. The zero-order valence-corrected chi connectivity index (χ0v) is 5.87. The first-order valence-corrected chi connectivity index (χ1v) is 7.88. The molecule has 0 spiro atoms. The van der Waals surface area contributed by atoms with Crippen molar-refractivity contribution in [3.05, 3.63) is 0 Å². The van der Waals surface area contributed by atoms with Crippen molar-refractivity contribution in [2.75, 3.05) is 0 Å². The molecule has 0 aliphatic carbocycles.